The second kappa shape index (κ2) is 7.18. The van der Waals surface area contributed by atoms with Crippen molar-refractivity contribution in [1.29, 1.82) is 0 Å². The number of piperidine rings is 1. The maximum absolute atomic E-state index is 11.9. The minimum absolute atomic E-state index is 0.319. The highest BCUT2D eigenvalue weighted by Gasteiger charge is 2.31. The van der Waals surface area contributed by atoms with Gasteiger partial charge >= 0.3 is 5.97 Å². The van der Waals surface area contributed by atoms with E-state index >= 15 is 0 Å². The summed E-state index contributed by atoms with van der Waals surface area (Å²) in [7, 11) is 0. The van der Waals surface area contributed by atoms with Crippen molar-refractivity contribution in [2.45, 2.75) is 26.3 Å². The first-order valence-corrected chi connectivity index (χ1v) is 7.40. The number of likely N-dealkylation sites (tertiary alicyclic amines) is 1. The quantitative estimate of drug-likeness (QED) is 0.520. The Morgan fingerprint density at radius 1 is 1.43 bits per heavy atom. The smallest absolute Gasteiger partial charge is 0.329 e. The average Bonchev–Trinajstić information content (AvgIpc) is 2.50. The molecule has 1 aliphatic rings. The molecule has 1 N–H and O–H groups in total. The van der Waals surface area contributed by atoms with Gasteiger partial charge in [0.1, 0.15) is 0 Å². The summed E-state index contributed by atoms with van der Waals surface area (Å²) in [6.07, 6.45) is 2.81. The number of hydrogen-bond acceptors (Lipinski definition) is 3. The Morgan fingerprint density at radius 2 is 2.14 bits per heavy atom. The van der Waals surface area contributed by atoms with Gasteiger partial charge in [0.05, 0.1) is 30.4 Å². The van der Waals surface area contributed by atoms with Crippen LogP contribution in [0.15, 0.2) is 48.1 Å². The summed E-state index contributed by atoms with van der Waals surface area (Å²) in [6, 6.07) is 9.41. The molecule has 0 bridgehead atoms. The van der Waals surface area contributed by atoms with E-state index in [-0.39, 0.29) is 0 Å². The van der Waals surface area contributed by atoms with Gasteiger partial charge in [-0.25, -0.2) is 4.79 Å². The first kappa shape index (κ1) is 15.4. The highest BCUT2D eigenvalue weighted by molar-refractivity contribution is 5.91. The van der Waals surface area contributed by atoms with E-state index in [1.54, 1.807) is 12.1 Å². The van der Waals surface area contributed by atoms with Gasteiger partial charge in [-0.2, -0.15) is 0 Å². The predicted molar refractivity (Wildman–Crippen MR) is 83.4 cm³/mol. The summed E-state index contributed by atoms with van der Waals surface area (Å²) in [6.45, 7) is 10.1. The molecule has 2 rings (SSSR count). The Bertz CT molecular complexity index is 525. The Labute approximate surface area is 126 Å². The maximum Gasteiger partial charge on any atom is 0.365 e. The Kier molecular flexibility index (Phi) is 5.28. The number of hydrogen-bond donors (Lipinski definition) is 1. The van der Waals surface area contributed by atoms with Gasteiger partial charge in [0.2, 0.25) is 0 Å². The van der Waals surface area contributed by atoms with Crippen LogP contribution in [-0.4, -0.2) is 30.8 Å². The minimum atomic E-state index is -0.399. The van der Waals surface area contributed by atoms with Crippen molar-refractivity contribution in [1.82, 2.24) is 0 Å². The molecule has 3 atom stereocenters. The molecule has 0 radical (unpaired) electrons. The zero-order valence-electron chi connectivity index (χ0n) is 12.7. The zero-order chi connectivity index (χ0) is 15.2. The molecule has 0 saturated carbocycles. The lowest BCUT2D eigenvalue weighted by molar-refractivity contribution is -0.921. The van der Waals surface area contributed by atoms with E-state index < -0.39 is 5.97 Å². The molecule has 0 aromatic heterocycles. The number of oxime groups is 1. The third kappa shape index (κ3) is 4.02. The van der Waals surface area contributed by atoms with Crippen LogP contribution in [0.25, 0.3) is 0 Å². The molecule has 1 heterocycles. The van der Waals surface area contributed by atoms with E-state index in [0.717, 1.165) is 25.2 Å². The number of carbonyl (C=O) groups is 1. The molecule has 0 amide bonds. The van der Waals surface area contributed by atoms with Crippen LogP contribution in [0, 0.1) is 5.92 Å². The topological polar surface area (TPSA) is 43.1 Å². The standard InChI is InChI=1S/C17H22N2O2/c1-4-10-19-12-13(2)16(11-14(19)3)18-21-17(20)15-8-6-5-7-9-15/h4-9,13-14H,1,10-12H2,2-3H3/p+1/b18-16-/t13-,14+/m1/s1. The minimum Gasteiger partial charge on any atom is -0.329 e. The van der Waals surface area contributed by atoms with Gasteiger partial charge in [0.15, 0.2) is 0 Å². The molecule has 1 saturated heterocycles. The second-order valence-electron chi connectivity index (χ2n) is 5.69. The summed E-state index contributed by atoms with van der Waals surface area (Å²) < 4.78 is 0. The molecule has 0 aliphatic carbocycles. The molecular weight excluding hydrogens is 264 g/mol. The summed E-state index contributed by atoms with van der Waals surface area (Å²) in [5.74, 6) is -0.0801. The molecule has 0 spiro atoms. The van der Waals surface area contributed by atoms with E-state index in [1.165, 1.54) is 4.90 Å². The van der Waals surface area contributed by atoms with Crippen molar-refractivity contribution >= 4 is 11.7 Å². The zero-order valence-corrected chi connectivity index (χ0v) is 12.7. The first-order chi connectivity index (χ1) is 10.1. The van der Waals surface area contributed by atoms with Crippen LogP contribution < -0.4 is 4.90 Å². The van der Waals surface area contributed by atoms with Crippen LogP contribution in [0.3, 0.4) is 0 Å². The average molecular weight is 287 g/mol. The highest BCUT2D eigenvalue weighted by Crippen LogP contribution is 2.10. The highest BCUT2D eigenvalue weighted by atomic mass is 16.7. The second-order valence-corrected chi connectivity index (χ2v) is 5.69. The van der Waals surface area contributed by atoms with Gasteiger partial charge in [-0.1, -0.05) is 36.9 Å². The summed E-state index contributed by atoms with van der Waals surface area (Å²) in [4.78, 5) is 18.5. The summed E-state index contributed by atoms with van der Waals surface area (Å²) >= 11 is 0. The van der Waals surface area contributed by atoms with Gasteiger partial charge in [-0.3, -0.25) is 0 Å². The first-order valence-electron chi connectivity index (χ1n) is 7.40. The molecule has 1 unspecified atom stereocenters. The molecule has 1 aromatic rings. The molecule has 4 nitrogen and oxygen atoms in total. The van der Waals surface area contributed by atoms with Crippen LogP contribution in [0.4, 0.5) is 0 Å². The SMILES string of the molecule is C=CC[NH+]1C[C@@H](C)/C(=N\OC(=O)c2ccccc2)C[C@@H]1C. The van der Waals surface area contributed by atoms with Gasteiger partial charge < -0.3 is 9.74 Å². The fourth-order valence-electron chi connectivity index (χ4n) is 2.70. The van der Waals surface area contributed by atoms with Crippen LogP contribution in [-0.2, 0) is 4.84 Å². The van der Waals surface area contributed by atoms with Crippen LogP contribution in [0.1, 0.15) is 30.6 Å². The summed E-state index contributed by atoms with van der Waals surface area (Å²) in [5.41, 5.74) is 1.50. The van der Waals surface area contributed by atoms with Crippen LogP contribution in [0.2, 0.25) is 0 Å². The lowest BCUT2D eigenvalue weighted by atomic mass is 9.93. The van der Waals surface area contributed by atoms with Crippen LogP contribution >= 0.6 is 0 Å². The Hall–Kier alpha value is -1.94. The van der Waals surface area contributed by atoms with Gasteiger partial charge in [-0.15, -0.1) is 0 Å². The van der Waals surface area contributed by atoms with Crippen molar-refractivity contribution < 1.29 is 14.5 Å². The normalized spacial score (nSPS) is 27.3. The molecule has 112 valence electrons. The van der Waals surface area contributed by atoms with Crippen LogP contribution in [0.5, 0.6) is 0 Å². The van der Waals surface area contributed by atoms with Crippen molar-refractivity contribution in [2.75, 3.05) is 13.1 Å². The Balaban J connectivity index is 1.98. The monoisotopic (exact) mass is 287 g/mol. The predicted octanol–water partition coefficient (Wildman–Crippen LogP) is 1.70. The molecule has 1 fully saturated rings. The van der Waals surface area contributed by atoms with Crippen molar-refractivity contribution in [3.63, 3.8) is 0 Å². The van der Waals surface area contributed by atoms with E-state index in [9.17, 15) is 4.79 Å². The fraction of sp³-hybridized carbons (Fsp3) is 0.412. The molecule has 1 aliphatic heterocycles. The number of quaternary nitrogens is 1. The number of nitrogens with zero attached hydrogens (tertiary/aromatic N) is 1. The lowest BCUT2D eigenvalue weighted by Crippen LogP contribution is -3.17. The molecule has 1 aromatic carbocycles. The number of nitrogens with one attached hydrogen (secondary N) is 1. The van der Waals surface area contributed by atoms with E-state index in [4.69, 9.17) is 4.84 Å². The van der Waals surface area contributed by atoms with Crippen molar-refractivity contribution in [2.24, 2.45) is 11.1 Å². The van der Waals surface area contributed by atoms with Gasteiger partial charge in [0, 0.05) is 12.3 Å². The maximum atomic E-state index is 11.9. The van der Waals surface area contributed by atoms with Gasteiger partial charge in [-0.05, 0) is 25.1 Å². The fourth-order valence-corrected chi connectivity index (χ4v) is 2.70. The number of carbonyl (C=O) groups excluding carboxylic acids is 1. The largest absolute Gasteiger partial charge is 0.365 e. The Morgan fingerprint density at radius 3 is 2.81 bits per heavy atom. The number of rotatable bonds is 4. The van der Waals surface area contributed by atoms with E-state index in [1.807, 2.05) is 24.3 Å². The molecule has 21 heavy (non-hydrogen) atoms. The number of benzene rings is 1. The van der Waals surface area contributed by atoms with E-state index in [0.29, 0.717) is 17.5 Å². The third-order valence-electron chi connectivity index (χ3n) is 4.01. The van der Waals surface area contributed by atoms with E-state index in [2.05, 4.69) is 25.6 Å². The van der Waals surface area contributed by atoms with Crippen molar-refractivity contribution in [3.8, 4) is 0 Å². The molecular formula is C17H23N2O2+. The third-order valence-corrected chi connectivity index (χ3v) is 4.01. The van der Waals surface area contributed by atoms with Crippen molar-refractivity contribution in [3.05, 3.63) is 48.6 Å². The summed E-state index contributed by atoms with van der Waals surface area (Å²) in [5, 5.41) is 4.11. The lowest BCUT2D eigenvalue weighted by Gasteiger charge is -2.33. The molecule has 4 heteroatoms. The van der Waals surface area contributed by atoms with Gasteiger partial charge in [0.25, 0.3) is 0 Å².